The molecular formula is C21H30F6N4O5. The average molecular weight is 532 g/mol. The van der Waals surface area contributed by atoms with Crippen molar-refractivity contribution < 1.29 is 50.9 Å². The molecule has 0 spiro atoms. The average Bonchev–Trinajstić information content (AvgIpc) is 3.36. The minimum atomic E-state index is -5.08. The van der Waals surface area contributed by atoms with E-state index >= 15 is 0 Å². The molecule has 3 aliphatic heterocycles. The van der Waals surface area contributed by atoms with E-state index in [1.165, 1.54) is 62.1 Å². The van der Waals surface area contributed by atoms with Gasteiger partial charge in [-0.1, -0.05) is 6.42 Å². The first-order valence-corrected chi connectivity index (χ1v) is 11.4. The Bertz CT molecular complexity index is 853. The van der Waals surface area contributed by atoms with E-state index in [1.54, 1.807) is 0 Å². The first-order valence-electron chi connectivity index (χ1n) is 11.4. The number of aromatic nitrogens is 2. The Morgan fingerprint density at radius 2 is 1.44 bits per heavy atom. The van der Waals surface area contributed by atoms with Gasteiger partial charge in [0.25, 0.3) is 0 Å². The molecule has 206 valence electrons. The van der Waals surface area contributed by atoms with Gasteiger partial charge in [0, 0.05) is 51.5 Å². The number of ether oxygens (including phenoxy) is 1. The van der Waals surface area contributed by atoms with Crippen LogP contribution in [0, 0.1) is 0 Å². The van der Waals surface area contributed by atoms with Crippen molar-refractivity contribution in [2.24, 2.45) is 7.05 Å². The number of hydrogen-bond acceptors (Lipinski definition) is 6. The van der Waals surface area contributed by atoms with Crippen molar-refractivity contribution >= 4 is 11.9 Å². The molecular weight excluding hydrogens is 502 g/mol. The topological polar surface area (TPSA) is 108 Å². The van der Waals surface area contributed by atoms with Crippen LogP contribution >= 0.6 is 0 Å². The van der Waals surface area contributed by atoms with Crippen molar-refractivity contribution in [2.45, 2.75) is 70.1 Å². The highest BCUT2D eigenvalue weighted by atomic mass is 19.4. The molecule has 2 N–H and O–H groups in total. The second kappa shape index (κ2) is 12.7. The zero-order chi connectivity index (χ0) is 27.1. The van der Waals surface area contributed by atoms with Crippen LogP contribution in [0.3, 0.4) is 0 Å². The third-order valence-corrected chi connectivity index (χ3v) is 6.09. The Morgan fingerprint density at radius 3 is 1.92 bits per heavy atom. The van der Waals surface area contributed by atoms with Crippen molar-refractivity contribution in [3.05, 3.63) is 17.0 Å². The van der Waals surface area contributed by atoms with Crippen LogP contribution < -0.4 is 0 Å². The van der Waals surface area contributed by atoms with Gasteiger partial charge in [0.15, 0.2) is 0 Å². The summed E-state index contributed by atoms with van der Waals surface area (Å²) < 4.78 is 71.1. The number of alkyl halides is 6. The maximum absolute atomic E-state index is 10.6. The largest absolute Gasteiger partial charge is 0.490 e. The van der Waals surface area contributed by atoms with E-state index in [0.29, 0.717) is 6.04 Å². The summed E-state index contributed by atoms with van der Waals surface area (Å²) in [5, 5.41) is 19.1. The van der Waals surface area contributed by atoms with E-state index in [0.717, 1.165) is 32.8 Å². The summed E-state index contributed by atoms with van der Waals surface area (Å²) in [5.41, 5.74) is 4.28. The van der Waals surface area contributed by atoms with E-state index in [9.17, 15) is 26.3 Å². The summed E-state index contributed by atoms with van der Waals surface area (Å²) in [5.74, 6) is -5.51. The summed E-state index contributed by atoms with van der Waals surface area (Å²) >= 11 is 0. The highest BCUT2D eigenvalue weighted by Gasteiger charge is 2.39. The second-order valence-electron chi connectivity index (χ2n) is 8.69. The minimum absolute atomic E-state index is 0.698. The quantitative estimate of drug-likeness (QED) is 0.572. The number of likely N-dealkylation sites (tertiary alicyclic amines) is 1. The molecule has 4 rings (SSSR count). The number of halogens is 6. The van der Waals surface area contributed by atoms with E-state index in [2.05, 4.69) is 21.5 Å². The molecule has 9 nitrogen and oxygen atoms in total. The second-order valence-corrected chi connectivity index (χ2v) is 8.69. The van der Waals surface area contributed by atoms with Crippen molar-refractivity contribution in [3.8, 4) is 0 Å². The molecule has 36 heavy (non-hydrogen) atoms. The Kier molecular flexibility index (Phi) is 10.5. The Balaban J connectivity index is 0.000000271. The number of carboxylic acids is 2. The lowest BCUT2D eigenvalue weighted by atomic mass is 10.1. The van der Waals surface area contributed by atoms with Crippen LogP contribution in [-0.2, 0) is 41.0 Å². The van der Waals surface area contributed by atoms with Crippen molar-refractivity contribution in [3.63, 3.8) is 0 Å². The van der Waals surface area contributed by atoms with Gasteiger partial charge in [-0.3, -0.25) is 14.5 Å². The zero-order valence-corrected chi connectivity index (χ0v) is 19.7. The lowest BCUT2D eigenvalue weighted by Crippen LogP contribution is -2.36. The van der Waals surface area contributed by atoms with Crippen LogP contribution in [0.15, 0.2) is 0 Å². The van der Waals surface area contributed by atoms with Gasteiger partial charge >= 0.3 is 24.3 Å². The van der Waals surface area contributed by atoms with Gasteiger partial charge in [-0.15, -0.1) is 0 Å². The highest BCUT2D eigenvalue weighted by molar-refractivity contribution is 5.73. The fourth-order valence-electron chi connectivity index (χ4n) is 4.26. The molecule has 0 radical (unpaired) electrons. The Labute approximate surface area is 203 Å². The predicted molar refractivity (Wildman–Crippen MR) is 113 cm³/mol. The fourth-order valence-corrected chi connectivity index (χ4v) is 4.26. The van der Waals surface area contributed by atoms with Gasteiger partial charge in [0.1, 0.15) is 0 Å². The Morgan fingerprint density at radius 1 is 0.944 bits per heavy atom. The first-order chi connectivity index (χ1) is 16.7. The van der Waals surface area contributed by atoms with Gasteiger partial charge in [0.2, 0.25) is 0 Å². The molecule has 4 heterocycles. The van der Waals surface area contributed by atoms with E-state index < -0.39 is 24.3 Å². The van der Waals surface area contributed by atoms with Crippen molar-refractivity contribution in [1.82, 2.24) is 19.6 Å². The molecule has 0 aliphatic carbocycles. The smallest absolute Gasteiger partial charge is 0.475 e. The third kappa shape index (κ3) is 8.92. The maximum atomic E-state index is 10.6. The lowest BCUT2D eigenvalue weighted by molar-refractivity contribution is -0.193. The van der Waals surface area contributed by atoms with Crippen LogP contribution in [0.4, 0.5) is 26.3 Å². The molecule has 0 atom stereocenters. The van der Waals surface area contributed by atoms with Gasteiger partial charge in [0.05, 0.1) is 11.4 Å². The number of aryl methyl sites for hydroxylation is 1. The Hall–Kier alpha value is -2.39. The maximum Gasteiger partial charge on any atom is 0.490 e. The first kappa shape index (κ1) is 29.8. The van der Waals surface area contributed by atoms with E-state index in [4.69, 9.17) is 29.6 Å². The van der Waals surface area contributed by atoms with Crippen molar-refractivity contribution in [1.29, 1.82) is 0 Å². The number of nitrogens with zero attached hydrogens (tertiary/aromatic N) is 4. The molecule has 0 saturated carbocycles. The molecule has 1 aromatic rings. The number of carboxylic acid groups (broad SMARTS) is 2. The van der Waals surface area contributed by atoms with Gasteiger partial charge < -0.3 is 14.9 Å². The molecule has 0 bridgehead atoms. The molecule has 3 aliphatic rings. The molecule has 0 unspecified atom stereocenters. The number of piperidine rings is 1. The monoisotopic (exact) mass is 532 g/mol. The summed E-state index contributed by atoms with van der Waals surface area (Å²) in [7, 11) is 2.12. The summed E-state index contributed by atoms with van der Waals surface area (Å²) in [6.45, 7) is 7.56. The number of rotatable bonds is 3. The summed E-state index contributed by atoms with van der Waals surface area (Å²) in [4.78, 5) is 23.0. The standard InChI is InChI=1S/C17H28N4O.2C2HF3O2/c1-19-17-13-21(14-5-9-22-10-6-14)11-15(17)16(18-19)12-20-7-3-2-4-8-20;2*3-2(4,5)1(6)7/h14H,2-13H2,1H3;2*(H,6,7). The minimum Gasteiger partial charge on any atom is -0.475 e. The number of fused-ring (bicyclic) bond motifs is 1. The SMILES string of the molecule is Cn1nc(CN2CCCCC2)c2c1CN(C1CCOCC1)C2.O=C(O)C(F)(F)F.O=C(O)C(F)(F)F. The van der Waals surface area contributed by atoms with Gasteiger partial charge in [-0.25, -0.2) is 9.59 Å². The van der Waals surface area contributed by atoms with Crippen LogP contribution in [0.1, 0.15) is 49.1 Å². The lowest BCUT2D eigenvalue weighted by Gasteiger charge is -2.31. The molecule has 1 aromatic heterocycles. The zero-order valence-electron chi connectivity index (χ0n) is 19.7. The highest BCUT2D eigenvalue weighted by Crippen LogP contribution is 2.30. The molecule has 15 heteroatoms. The van der Waals surface area contributed by atoms with Crippen LogP contribution in [0.25, 0.3) is 0 Å². The van der Waals surface area contributed by atoms with Crippen molar-refractivity contribution in [2.75, 3.05) is 26.3 Å². The molecule has 2 fully saturated rings. The van der Waals surface area contributed by atoms with Crippen LogP contribution in [-0.4, -0.2) is 86.4 Å². The summed E-state index contributed by atoms with van der Waals surface area (Å²) in [6.07, 6.45) is -3.70. The van der Waals surface area contributed by atoms with Crippen LogP contribution in [0.5, 0.6) is 0 Å². The van der Waals surface area contributed by atoms with E-state index in [1.807, 2.05) is 0 Å². The molecule has 0 aromatic carbocycles. The van der Waals surface area contributed by atoms with Crippen LogP contribution in [0.2, 0.25) is 0 Å². The number of aliphatic carboxylic acids is 2. The van der Waals surface area contributed by atoms with Gasteiger partial charge in [-0.2, -0.15) is 31.4 Å². The normalized spacial score (nSPS) is 19.5. The third-order valence-electron chi connectivity index (χ3n) is 6.09. The molecule has 0 amide bonds. The van der Waals surface area contributed by atoms with E-state index in [-0.39, 0.29) is 0 Å². The summed E-state index contributed by atoms with van der Waals surface area (Å²) in [6, 6.07) is 0.698. The number of carbonyl (C=O) groups is 2. The number of hydrogen-bond donors (Lipinski definition) is 2. The predicted octanol–water partition coefficient (Wildman–Crippen LogP) is 3.17. The van der Waals surface area contributed by atoms with Gasteiger partial charge in [-0.05, 0) is 38.8 Å². The fraction of sp³-hybridized carbons (Fsp3) is 0.762. The molecule has 2 saturated heterocycles.